The number of hydrogen-bond donors (Lipinski definition) is 0. The summed E-state index contributed by atoms with van der Waals surface area (Å²) in [6.45, 7) is 2.23. The first-order valence-corrected chi connectivity index (χ1v) is 8.42. The second-order valence-corrected chi connectivity index (χ2v) is 6.15. The van der Waals surface area contributed by atoms with Crippen molar-refractivity contribution >= 4 is 11.7 Å². The zero-order valence-electron chi connectivity index (χ0n) is 13.3. The Labute approximate surface area is 124 Å². The first-order chi connectivity index (χ1) is 9.65. The van der Waals surface area contributed by atoms with Crippen molar-refractivity contribution in [1.29, 1.82) is 0 Å². The molecule has 1 rings (SSSR count). The molecular formula is C17H31NO2. The molecule has 0 saturated heterocycles. The zero-order valence-corrected chi connectivity index (χ0v) is 13.3. The van der Waals surface area contributed by atoms with Crippen molar-refractivity contribution in [2.75, 3.05) is 7.05 Å². The Morgan fingerprint density at radius 2 is 1.60 bits per heavy atom. The number of hydrogen-bond acceptors (Lipinski definition) is 2. The van der Waals surface area contributed by atoms with E-state index < -0.39 is 0 Å². The van der Waals surface area contributed by atoms with Gasteiger partial charge >= 0.3 is 0 Å². The molecule has 1 fully saturated rings. The summed E-state index contributed by atoms with van der Waals surface area (Å²) >= 11 is 0. The third-order valence-electron chi connectivity index (χ3n) is 4.45. The van der Waals surface area contributed by atoms with Gasteiger partial charge in [-0.1, -0.05) is 45.4 Å². The van der Waals surface area contributed by atoms with Gasteiger partial charge in [-0.2, -0.15) is 0 Å². The Hall–Kier alpha value is -0.860. The fraction of sp³-hybridized carbons (Fsp3) is 0.882. The van der Waals surface area contributed by atoms with Crippen molar-refractivity contribution in [2.45, 2.75) is 90.0 Å². The van der Waals surface area contributed by atoms with E-state index in [4.69, 9.17) is 0 Å². The van der Waals surface area contributed by atoms with E-state index in [1.165, 1.54) is 38.5 Å². The summed E-state index contributed by atoms with van der Waals surface area (Å²) in [5.41, 5.74) is 0. The van der Waals surface area contributed by atoms with Crippen LogP contribution in [-0.4, -0.2) is 29.7 Å². The van der Waals surface area contributed by atoms with E-state index >= 15 is 0 Å². The predicted octanol–water partition coefficient (Wildman–Crippen LogP) is 4.10. The molecule has 0 atom stereocenters. The van der Waals surface area contributed by atoms with Gasteiger partial charge in [0.15, 0.2) is 0 Å². The van der Waals surface area contributed by atoms with Crippen LogP contribution in [-0.2, 0) is 9.59 Å². The van der Waals surface area contributed by atoms with Crippen LogP contribution in [0.3, 0.4) is 0 Å². The summed E-state index contributed by atoms with van der Waals surface area (Å²) in [4.78, 5) is 25.2. The standard InChI is InChI=1S/C17H31NO2/c1-3-4-5-6-7-8-9-10-17(20)18(2)15-11-13-16(19)14-12-15/h15H,3-14H2,1-2H3. The number of rotatable bonds is 9. The summed E-state index contributed by atoms with van der Waals surface area (Å²) in [6, 6.07) is 0.296. The summed E-state index contributed by atoms with van der Waals surface area (Å²) in [5.74, 6) is 0.618. The lowest BCUT2D eigenvalue weighted by molar-refractivity contribution is -0.134. The zero-order chi connectivity index (χ0) is 14.8. The van der Waals surface area contributed by atoms with Crippen molar-refractivity contribution in [1.82, 2.24) is 4.90 Å². The highest BCUT2D eigenvalue weighted by atomic mass is 16.2. The van der Waals surface area contributed by atoms with Crippen molar-refractivity contribution in [3.05, 3.63) is 0 Å². The molecule has 0 aromatic heterocycles. The van der Waals surface area contributed by atoms with Crippen LogP contribution < -0.4 is 0 Å². The summed E-state index contributed by atoms with van der Waals surface area (Å²) in [6.07, 6.45) is 12.4. The molecule has 3 nitrogen and oxygen atoms in total. The average Bonchev–Trinajstić information content (AvgIpc) is 2.46. The van der Waals surface area contributed by atoms with Gasteiger partial charge in [0.1, 0.15) is 5.78 Å². The van der Waals surface area contributed by atoms with Gasteiger partial charge in [-0.05, 0) is 19.3 Å². The van der Waals surface area contributed by atoms with E-state index in [2.05, 4.69) is 6.92 Å². The second-order valence-electron chi connectivity index (χ2n) is 6.15. The molecule has 0 N–H and O–H groups in total. The summed E-state index contributed by atoms with van der Waals surface area (Å²) in [7, 11) is 1.91. The van der Waals surface area contributed by atoms with Crippen molar-refractivity contribution in [2.24, 2.45) is 0 Å². The van der Waals surface area contributed by atoms with Gasteiger partial charge in [0.05, 0.1) is 0 Å². The molecule has 0 aromatic carbocycles. The van der Waals surface area contributed by atoms with Crippen LogP contribution in [0.15, 0.2) is 0 Å². The molecule has 0 unspecified atom stereocenters. The lowest BCUT2D eigenvalue weighted by Gasteiger charge is -2.30. The van der Waals surface area contributed by atoms with Gasteiger partial charge < -0.3 is 4.90 Å². The quantitative estimate of drug-likeness (QED) is 0.597. The van der Waals surface area contributed by atoms with Crippen LogP contribution >= 0.6 is 0 Å². The number of Topliss-reactive ketones (excluding diaryl/α,β-unsaturated/α-hetero) is 1. The number of amides is 1. The Bertz CT molecular complexity index is 291. The molecule has 0 aliphatic heterocycles. The van der Waals surface area contributed by atoms with Gasteiger partial charge in [0.2, 0.25) is 5.91 Å². The second kappa shape index (κ2) is 9.95. The SMILES string of the molecule is CCCCCCCCCC(=O)N(C)C1CCC(=O)CC1. The minimum Gasteiger partial charge on any atom is -0.343 e. The largest absolute Gasteiger partial charge is 0.343 e. The smallest absolute Gasteiger partial charge is 0.222 e. The lowest BCUT2D eigenvalue weighted by Crippen LogP contribution is -2.39. The number of nitrogens with zero attached hydrogens (tertiary/aromatic N) is 1. The Morgan fingerprint density at radius 1 is 1.05 bits per heavy atom. The van der Waals surface area contributed by atoms with E-state index in [1.807, 2.05) is 11.9 Å². The molecular weight excluding hydrogens is 250 g/mol. The third kappa shape index (κ3) is 6.53. The highest BCUT2D eigenvalue weighted by Gasteiger charge is 2.24. The first kappa shape index (κ1) is 17.2. The van der Waals surface area contributed by atoms with E-state index in [0.29, 0.717) is 31.1 Å². The number of ketones is 1. The summed E-state index contributed by atoms with van der Waals surface area (Å²) < 4.78 is 0. The molecule has 1 saturated carbocycles. The Morgan fingerprint density at radius 3 is 2.20 bits per heavy atom. The average molecular weight is 281 g/mol. The monoisotopic (exact) mass is 281 g/mol. The van der Waals surface area contributed by atoms with E-state index in [0.717, 1.165) is 19.3 Å². The van der Waals surface area contributed by atoms with E-state index in [-0.39, 0.29) is 5.91 Å². The highest BCUT2D eigenvalue weighted by Crippen LogP contribution is 2.20. The van der Waals surface area contributed by atoms with E-state index in [9.17, 15) is 9.59 Å². The van der Waals surface area contributed by atoms with Crippen molar-refractivity contribution in [3.8, 4) is 0 Å². The van der Waals surface area contributed by atoms with Gasteiger partial charge in [0.25, 0.3) is 0 Å². The lowest BCUT2D eigenvalue weighted by atomic mass is 9.93. The van der Waals surface area contributed by atoms with Gasteiger partial charge in [0, 0.05) is 32.4 Å². The number of unbranched alkanes of at least 4 members (excludes halogenated alkanes) is 6. The fourth-order valence-electron chi connectivity index (χ4n) is 2.93. The molecule has 0 aromatic rings. The molecule has 1 amide bonds. The minimum absolute atomic E-state index is 0.262. The van der Waals surface area contributed by atoms with Crippen LogP contribution in [0.4, 0.5) is 0 Å². The maximum atomic E-state index is 12.1. The number of carbonyl (C=O) groups is 2. The summed E-state index contributed by atoms with van der Waals surface area (Å²) in [5, 5.41) is 0. The maximum absolute atomic E-state index is 12.1. The third-order valence-corrected chi connectivity index (χ3v) is 4.45. The van der Waals surface area contributed by atoms with Gasteiger partial charge in [-0.3, -0.25) is 9.59 Å². The van der Waals surface area contributed by atoms with Crippen LogP contribution in [0.5, 0.6) is 0 Å². The Kier molecular flexibility index (Phi) is 8.56. The molecule has 0 bridgehead atoms. The number of carbonyl (C=O) groups excluding carboxylic acids is 2. The maximum Gasteiger partial charge on any atom is 0.222 e. The molecule has 0 radical (unpaired) electrons. The van der Waals surface area contributed by atoms with Crippen molar-refractivity contribution in [3.63, 3.8) is 0 Å². The van der Waals surface area contributed by atoms with Crippen molar-refractivity contribution < 1.29 is 9.59 Å². The predicted molar refractivity (Wildman–Crippen MR) is 82.6 cm³/mol. The molecule has 0 heterocycles. The Balaban J connectivity index is 2.08. The van der Waals surface area contributed by atoms with E-state index in [1.54, 1.807) is 0 Å². The van der Waals surface area contributed by atoms with Gasteiger partial charge in [-0.15, -0.1) is 0 Å². The molecule has 1 aliphatic carbocycles. The minimum atomic E-state index is 0.262. The van der Waals surface area contributed by atoms with Gasteiger partial charge in [-0.25, -0.2) is 0 Å². The van der Waals surface area contributed by atoms with Crippen LogP contribution in [0.2, 0.25) is 0 Å². The molecule has 116 valence electrons. The first-order valence-electron chi connectivity index (χ1n) is 8.42. The molecule has 3 heteroatoms. The normalized spacial score (nSPS) is 16.4. The highest BCUT2D eigenvalue weighted by molar-refractivity contribution is 5.80. The topological polar surface area (TPSA) is 37.4 Å². The van der Waals surface area contributed by atoms with Crippen LogP contribution in [0.25, 0.3) is 0 Å². The molecule has 20 heavy (non-hydrogen) atoms. The molecule has 1 aliphatic rings. The van der Waals surface area contributed by atoms with Crippen LogP contribution in [0.1, 0.15) is 84.0 Å². The fourth-order valence-corrected chi connectivity index (χ4v) is 2.93. The van der Waals surface area contributed by atoms with Crippen LogP contribution in [0, 0.1) is 0 Å². The molecule has 0 spiro atoms.